The fraction of sp³-hybridized carbons (Fsp3) is 0.647. The molecular weight excluding hydrogens is 282 g/mol. The first-order chi connectivity index (χ1) is 9.88. The second-order valence-electron chi connectivity index (χ2n) is 6.29. The van der Waals surface area contributed by atoms with Crippen LogP contribution in [0.1, 0.15) is 44.6 Å². The first-order valence-electron chi connectivity index (χ1n) is 7.82. The molecule has 1 atom stereocenters. The Labute approximate surface area is 130 Å². The van der Waals surface area contributed by atoms with Crippen molar-refractivity contribution in [3.05, 3.63) is 35.9 Å². The topological polar surface area (TPSA) is 46.2 Å². The Morgan fingerprint density at radius 1 is 1.05 bits per heavy atom. The van der Waals surface area contributed by atoms with Gasteiger partial charge in [0.05, 0.1) is 0 Å². The van der Waals surface area contributed by atoms with Gasteiger partial charge in [-0.25, -0.2) is 8.42 Å². The standard InChI is InChI=1S/C17H29NO2S/c1-15(2)13-18-14-17(16-9-5-4-6-10-16)11-7-8-12-21(3,19)20/h4-6,9-10,15,17-18H,7-8,11-14H2,1-3H3. The molecule has 0 aliphatic rings. The van der Waals surface area contributed by atoms with Crippen LogP contribution in [0.4, 0.5) is 0 Å². The molecule has 0 spiro atoms. The smallest absolute Gasteiger partial charge is 0.147 e. The summed E-state index contributed by atoms with van der Waals surface area (Å²) in [5, 5.41) is 3.52. The van der Waals surface area contributed by atoms with Gasteiger partial charge in [0.25, 0.3) is 0 Å². The van der Waals surface area contributed by atoms with Crippen LogP contribution < -0.4 is 5.32 Å². The van der Waals surface area contributed by atoms with E-state index in [-0.39, 0.29) is 0 Å². The van der Waals surface area contributed by atoms with Gasteiger partial charge in [0, 0.05) is 18.6 Å². The highest BCUT2D eigenvalue weighted by Crippen LogP contribution is 2.21. The van der Waals surface area contributed by atoms with Crippen LogP contribution in [0.15, 0.2) is 30.3 Å². The van der Waals surface area contributed by atoms with Crippen molar-refractivity contribution in [2.45, 2.75) is 39.0 Å². The van der Waals surface area contributed by atoms with Crippen LogP contribution in [0.2, 0.25) is 0 Å². The quantitative estimate of drug-likeness (QED) is 0.675. The summed E-state index contributed by atoms with van der Waals surface area (Å²) in [5.41, 5.74) is 1.34. The zero-order valence-electron chi connectivity index (χ0n) is 13.5. The summed E-state index contributed by atoms with van der Waals surface area (Å²) >= 11 is 0. The van der Waals surface area contributed by atoms with E-state index in [0.717, 1.165) is 32.4 Å². The monoisotopic (exact) mass is 311 g/mol. The minimum Gasteiger partial charge on any atom is -0.316 e. The molecule has 0 radical (unpaired) electrons. The van der Waals surface area contributed by atoms with Crippen molar-refractivity contribution in [2.75, 3.05) is 25.1 Å². The van der Waals surface area contributed by atoms with Gasteiger partial charge in [0.15, 0.2) is 0 Å². The Morgan fingerprint density at radius 2 is 1.71 bits per heavy atom. The summed E-state index contributed by atoms with van der Waals surface area (Å²) in [6, 6.07) is 10.5. The molecule has 0 heterocycles. The van der Waals surface area contributed by atoms with Gasteiger partial charge in [-0.3, -0.25) is 0 Å². The second-order valence-corrected chi connectivity index (χ2v) is 8.55. The molecular formula is C17H29NO2S. The van der Waals surface area contributed by atoms with Gasteiger partial charge in [-0.05, 0) is 36.8 Å². The third-order valence-corrected chi connectivity index (χ3v) is 4.56. The van der Waals surface area contributed by atoms with Crippen molar-refractivity contribution in [3.8, 4) is 0 Å². The van der Waals surface area contributed by atoms with Crippen LogP contribution in [-0.4, -0.2) is 33.5 Å². The van der Waals surface area contributed by atoms with Crippen molar-refractivity contribution < 1.29 is 8.42 Å². The molecule has 1 rings (SSSR count). The van der Waals surface area contributed by atoms with E-state index in [1.807, 2.05) is 6.07 Å². The van der Waals surface area contributed by atoms with Gasteiger partial charge in [-0.15, -0.1) is 0 Å². The zero-order chi connectivity index (χ0) is 15.7. The summed E-state index contributed by atoms with van der Waals surface area (Å²) in [6.07, 6.45) is 4.05. The Balaban J connectivity index is 2.48. The lowest BCUT2D eigenvalue weighted by Crippen LogP contribution is -2.25. The largest absolute Gasteiger partial charge is 0.316 e. The van der Waals surface area contributed by atoms with E-state index in [0.29, 0.717) is 17.6 Å². The SMILES string of the molecule is CC(C)CNCC(CCCCS(C)(=O)=O)c1ccccc1. The number of hydrogen-bond donors (Lipinski definition) is 1. The number of sulfone groups is 1. The van der Waals surface area contributed by atoms with E-state index in [4.69, 9.17) is 0 Å². The minimum absolute atomic E-state index is 0.300. The van der Waals surface area contributed by atoms with Crippen LogP contribution in [0.3, 0.4) is 0 Å². The number of nitrogens with one attached hydrogen (secondary N) is 1. The molecule has 0 saturated carbocycles. The van der Waals surface area contributed by atoms with E-state index >= 15 is 0 Å². The summed E-state index contributed by atoms with van der Waals surface area (Å²) in [5.74, 6) is 1.41. The van der Waals surface area contributed by atoms with Crippen molar-refractivity contribution in [1.82, 2.24) is 5.32 Å². The first kappa shape index (κ1) is 18.2. The lowest BCUT2D eigenvalue weighted by molar-refractivity contribution is 0.490. The Morgan fingerprint density at radius 3 is 2.29 bits per heavy atom. The number of rotatable bonds is 10. The molecule has 0 aliphatic carbocycles. The predicted octanol–water partition coefficient (Wildman–Crippen LogP) is 3.23. The molecule has 21 heavy (non-hydrogen) atoms. The molecule has 120 valence electrons. The van der Waals surface area contributed by atoms with Crippen molar-refractivity contribution in [3.63, 3.8) is 0 Å². The van der Waals surface area contributed by atoms with Gasteiger partial charge < -0.3 is 5.32 Å². The normalized spacial score (nSPS) is 13.5. The Hall–Kier alpha value is -0.870. The van der Waals surface area contributed by atoms with Crippen LogP contribution in [0, 0.1) is 5.92 Å². The second kappa shape index (κ2) is 9.21. The molecule has 0 saturated heterocycles. The molecule has 1 unspecified atom stereocenters. The lowest BCUT2D eigenvalue weighted by atomic mass is 9.93. The van der Waals surface area contributed by atoms with E-state index < -0.39 is 9.84 Å². The third-order valence-electron chi connectivity index (χ3n) is 3.53. The van der Waals surface area contributed by atoms with Crippen molar-refractivity contribution in [1.29, 1.82) is 0 Å². The molecule has 3 nitrogen and oxygen atoms in total. The molecule has 0 bridgehead atoms. The molecule has 0 amide bonds. The molecule has 0 aromatic heterocycles. The van der Waals surface area contributed by atoms with Gasteiger partial charge >= 0.3 is 0 Å². The average molecular weight is 311 g/mol. The molecule has 1 N–H and O–H groups in total. The van der Waals surface area contributed by atoms with E-state index in [1.165, 1.54) is 11.8 Å². The third kappa shape index (κ3) is 8.89. The van der Waals surface area contributed by atoms with Gasteiger partial charge in [-0.1, -0.05) is 50.6 Å². The van der Waals surface area contributed by atoms with Crippen LogP contribution in [-0.2, 0) is 9.84 Å². The fourth-order valence-electron chi connectivity index (χ4n) is 2.41. The number of hydrogen-bond acceptors (Lipinski definition) is 3. The summed E-state index contributed by atoms with van der Waals surface area (Å²) in [4.78, 5) is 0. The average Bonchev–Trinajstić information content (AvgIpc) is 2.41. The first-order valence-corrected chi connectivity index (χ1v) is 9.88. The van der Waals surface area contributed by atoms with Gasteiger partial charge in [0.1, 0.15) is 9.84 Å². The molecule has 1 aromatic rings. The van der Waals surface area contributed by atoms with Crippen molar-refractivity contribution >= 4 is 9.84 Å². The maximum Gasteiger partial charge on any atom is 0.147 e. The number of unbranched alkanes of at least 4 members (excludes halogenated alkanes) is 1. The predicted molar refractivity (Wildman–Crippen MR) is 90.5 cm³/mol. The van der Waals surface area contributed by atoms with Gasteiger partial charge in [0.2, 0.25) is 0 Å². The van der Waals surface area contributed by atoms with Crippen LogP contribution in [0.25, 0.3) is 0 Å². The molecule has 4 heteroatoms. The maximum absolute atomic E-state index is 11.2. The Bertz CT molecular complexity index is 483. The lowest BCUT2D eigenvalue weighted by Gasteiger charge is -2.19. The highest BCUT2D eigenvalue weighted by molar-refractivity contribution is 7.90. The van der Waals surface area contributed by atoms with E-state index in [9.17, 15) is 8.42 Å². The van der Waals surface area contributed by atoms with E-state index in [2.05, 4.69) is 43.4 Å². The number of benzene rings is 1. The minimum atomic E-state index is -2.83. The molecule has 0 aliphatic heterocycles. The van der Waals surface area contributed by atoms with Crippen molar-refractivity contribution in [2.24, 2.45) is 5.92 Å². The maximum atomic E-state index is 11.2. The highest BCUT2D eigenvalue weighted by Gasteiger charge is 2.12. The fourth-order valence-corrected chi connectivity index (χ4v) is 3.14. The molecule has 0 fully saturated rings. The zero-order valence-corrected chi connectivity index (χ0v) is 14.3. The van der Waals surface area contributed by atoms with E-state index in [1.54, 1.807) is 0 Å². The van der Waals surface area contributed by atoms with Gasteiger partial charge in [-0.2, -0.15) is 0 Å². The summed E-state index contributed by atoms with van der Waals surface area (Å²) < 4.78 is 22.4. The van der Waals surface area contributed by atoms with Crippen LogP contribution in [0.5, 0.6) is 0 Å². The molecule has 1 aromatic carbocycles. The highest BCUT2D eigenvalue weighted by atomic mass is 32.2. The Kier molecular flexibility index (Phi) is 7.97. The summed E-state index contributed by atoms with van der Waals surface area (Å²) in [6.45, 7) is 6.39. The van der Waals surface area contributed by atoms with Crippen LogP contribution >= 0.6 is 0 Å². The summed E-state index contributed by atoms with van der Waals surface area (Å²) in [7, 11) is -2.83.